The summed E-state index contributed by atoms with van der Waals surface area (Å²) in [6.07, 6.45) is 0.351. The number of nitrogens with one attached hydrogen (secondary N) is 3. The predicted molar refractivity (Wildman–Crippen MR) is 61.5 cm³/mol. The molecule has 0 radical (unpaired) electrons. The van der Waals surface area contributed by atoms with Gasteiger partial charge in [0.15, 0.2) is 0 Å². The van der Waals surface area contributed by atoms with Gasteiger partial charge in [0.2, 0.25) is 5.91 Å². The summed E-state index contributed by atoms with van der Waals surface area (Å²) in [5, 5.41) is 16.0. The molecule has 1 unspecified atom stereocenters. The number of likely N-dealkylation sites (N-methyl/N-ethyl adjacent to an activating group) is 1. The molecule has 0 aliphatic rings. The molecule has 1 atom stereocenters. The zero-order valence-corrected chi connectivity index (χ0v) is 10.1. The molecule has 0 aliphatic carbocycles. The van der Waals surface area contributed by atoms with E-state index in [0.29, 0.717) is 13.0 Å². The van der Waals surface area contributed by atoms with Crippen molar-refractivity contribution in [3.05, 3.63) is 0 Å². The molecule has 0 bridgehead atoms. The van der Waals surface area contributed by atoms with Crippen molar-refractivity contribution in [2.45, 2.75) is 20.3 Å². The molecular weight excluding hydrogens is 226 g/mol. The van der Waals surface area contributed by atoms with Gasteiger partial charge in [-0.1, -0.05) is 6.92 Å². The van der Waals surface area contributed by atoms with Gasteiger partial charge in [0.05, 0.1) is 12.5 Å². The molecule has 0 saturated carbocycles. The Kier molecular flexibility index (Phi) is 7.49. The van der Waals surface area contributed by atoms with Crippen molar-refractivity contribution in [1.82, 2.24) is 16.0 Å². The summed E-state index contributed by atoms with van der Waals surface area (Å²) in [5.74, 6) is -1.66. The molecule has 0 aromatic carbocycles. The largest absolute Gasteiger partial charge is 0.481 e. The summed E-state index contributed by atoms with van der Waals surface area (Å²) in [5.41, 5.74) is 0. The third-order valence-corrected chi connectivity index (χ3v) is 2.07. The van der Waals surface area contributed by atoms with Gasteiger partial charge in [0.1, 0.15) is 0 Å². The molecule has 0 rings (SSSR count). The SMILES string of the molecule is CCNC(=O)CNC(=O)NCCC(C)C(=O)O. The molecule has 17 heavy (non-hydrogen) atoms. The van der Waals surface area contributed by atoms with Gasteiger partial charge < -0.3 is 21.1 Å². The van der Waals surface area contributed by atoms with Crippen LogP contribution in [0.5, 0.6) is 0 Å². The second-order valence-corrected chi connectivity index (χ2v) is 3.59. The second kappa shape index (κ2) is 8.37. The third-order valence-electron chi connectivity index (χ3n) is 2.07. The Labute approximate surface area is 100.0 Å². The van der Waals surface area contributed by atoms with E-state index >= 15 is 0 Å². The Balaban J connectivity index is 3.60. The van der Waals surface area contributed by atoms with E-state index in [4.69, 9.17) is 5.11 Å². The topological polar surface area (TPSA) is 108 Å². The molecule has 7 heteroatoms. The van der Waals surface area contributed by atoms with E-state index in [2.05, 4.69) is 16.0 Å². The van der Waals surface area contributed by atoms with Crippen LogP contribution in [0.3, 0.4) is 0 Å². The summed E-state index contributed by atoms with van der Waals surface area (Å²) in [6, 6.07) is -0.478. The standard InChI is InChI=1S/C10H19N3O4/c1-3-11-8(14)6-13-10(17)12-5-4-7(2)9(15)16/h7H,3-6H2,1-2H3,(H,11,14)(H,15,16)(H2,12,13,17). The lowest BCUT2D eigenvalue weighted by Gasteiger charge is -2.09. The summed E-state index contributed by atoms with van der Waals surface area (Å²) in [4.78, 5) is 32.6. The van der Waals surface area contributed by atoms with Crippen molar-refractivity contribution in [1.29, 1.82) is 0 Å². The Morgan fingerprint density at radius 3 is 2.35 bits per heavy atom. The van der Waals surface area contributed by atoms with Crippen molar-refractivity contribution in [3.8, 4) is 0 Å². The van der Waals surface area contributed by atoms with Crippen LogP contribution in [0.4, 0.5) is 4.79 Å². The Morgan fingerprint density at radius 1 is 1.18 bits per heavy atom. The molecule has 0 aromatic heterocycles. The average molecular weight is 245 g/mol. The predicted octanol–water partition coefficient (Wildman–Crippen LogP) is -0.467. The van der Waals surface area contributed by atoms with Crippen molar-refractivity contribution in [3.63, 3.8) is 0 Å². The van der Waals surface area contributed by atoms with Crippen LogP contribution in [0.2, 0.25) is 0 Å². The van der Waals surface area contributed by atoms with Gasteiger partial charge >= 0.3 is 12.0 Å². The lowest BCUT2D eigenvalue weighted by atomic mass is 10.1. The van der Waals surface area contributed by atoms with Crippen LogP contribution in [0.25, 0.3) is 0 Å². The smallest absolute Gasteiger partial charge is 0.315 e. The van der Waals surface area contributed by atoms with E-state index in [0.717, 1.165) is 0 Å². The maximum absolute atomic E-state index is 11.2. The van der Waals surface area contributed by atoms with Gasteiger partial charge in [0.25, 0.3) is 0 Å². The van der Waals surface area contributed by atoms with Crippen LogP contribution in [0, 0.1) is 5.92 Å². The first kappa shape index (κ1) is 15.2. The molecule has 98 valence electrons. The fraction of sp³-hybridized carbons (Fsp3) is 0.700. The zero-order chi connectivity index (χ0) is 13.3. The average Bonchev–Trinajstić information content (AvgIpc) is 2.26. The van der Waals surface area contributed by atoms with Crippen LogP contribution in [-0.2, 0) is 9.59 Å². The molecule has 7 nitrogen and oxygen atoms in total. The molecule has 0 fully saturated rings. The summed E-state index contributed by atoms with van der Waals surface area (Å²) >= 11 is 0. The first-order valence-electron chi connectivity index (χ1n) is 5.48. The fourth-order valence-electron chi connectivity index (χ4n) is 1.01. The zero-order valence-electron chi connectivity index (χ0n) is 10.1. The summed E-state index contributed by atoms with van der Waals surface area (Å²) in [6.45, 7) is 4.03. The maximum atomic E-state index is 11.2. The minimum atomic E-state index is -0.894. The van der Waals surface area contributed by atoms with Gasteiger partial charge in [-0.2, -0.15) is 0 Å². The molecular formula is C10H19N3O4. The number of aliphatic carboxylic acids is 1. The Bertz CT molecular complexity index is 281. The second-order valence-electron chi connectivity index (χ2n) is 3.59. The van der Waals surface area contributed by atoms with E-state index in [-0.39, 0.29) is 19.0 Å². The van der Waals surface area contributed by atoms with Crippen molar-refractivity contribution in [2.24, 2.45) is 5.92 Å². The van der Waals surface area contributed by atoms with Crippen molar-refractivity contribution >= 4 is 17.9 Å². The third kappa shape index (κ3) is 8.06. The summed E-state index contributed by atoms with van der Waals surface area (Å²) < 4.78 is 0. The van der Waals surface area contributed by atoms with Crippen LogP contribution in [0.1, 0.15) is 20.3 Å². The normalized spacial score (nSPS) is 11.4. The van der Waals surface area contributed by atoms with E-state index < -0.39 is 17.9 Å². The fourth-order valence-corrected chi connectivity index (χ4v) is 1.01. The number of hydrogen-bond donors (Lipinski definition) is 4. The van der Waals surface area contributed by atoms with E-state index in [1.807, 2.05) is 0 Å². The number of rotatable bonds is 7. The first-order chi connectivity index (χ1) is 7.97. The Morgan fingerprint density at radius 2 is 1.82 bits per heavy atom. The highest BCUT2D eigenvalue weighted by atomic mass is 16.4. The van der Waals surface area contributed by atoms with E-state index in [9.17, 15) is 14.4 Å². The van der Waals surface area contributed by atoms with E-state index in [1.54, 1.807) is 13.8 Å². The number of hydrogen-bond acceptors (Lipinski definition) is 3. The molecule has 0 aromatic rings. The van der Waals surface area contributed by atoms with Gasteiger partial charge in [-0.05, 0) is 13.3 Å². The number of amides is 3. The molecule has 0 aliphatic heterocycles. The minimum absolute atomic E-state index is 0.0891. The molecule has 4 N–H and O–H groups in total. The monoisotopic (exact) mass is 245 g/mol. The minimum Gasteiger partial charge on any atom is -0.481 e. The lowest BCUT2D eigenvalue weighted by Crippen LogP contribution is -2.42. The molecule has 0 saturated heterocycles. The van der Waals surface area contributed by atoms with Crippen LogP contribution in [-0.4, -0.2) is 42.6 Å². The van der Waals surface area contributed by atoms with Crippen LogP contribution in [0.15, 0.2) is 0 Å². The Hall–Kier alpha value is -1.79. The first-order valence-corrected chi connectivity index (χ1v) is 5.48. The molecule has 0 spiro atoms. The highest BCUT2D eigenvalue weighted by Gasteiger charge is 2.10. The number of carbonyl (C=O) groups is 3. The van der Waals surface area contributed by atoms with Crippen LogP contribution < -0.4 is 16.0 Å². The molecule has 0 heterocycles. The number of carbonyl (C=O) groups excluding carboxylic acids is 2. The van der Waals surface area contributed by atoms with Crippen molar-refractivity contribution < 1.29 is 19.5 Å². The van der Waals surface area contributed by atoms with Gasteiger partial charge in [-0.15, -0.1) is 0 Å². The summed E-state index contributed by atoms with van der Waals surface area (Å²) in [7, 11) is 0. The highest BCUT2D eigenvalue weighted by Crippen LogP contribution is 1.99. The lowest BCUT2D eigenvalue weighted by molar-refractivity contribution is -0.141. The van der Waals surface area contributed by atoms with E-state index in [1.165, 1.54) is 0 Å². The van der Waals surface area contributed by atoms with Gasteiger partial charge in [-0.3, -0.25) is 9.59 Å². The quantitative estimate of drug-likeness (QED) is 0.486. The number of carboxylic acid groups (broad SMARTS) is 1. The maximum Gasteiger partial charge on any atom is 0.315 e. The van der Waals surface area contributed by atoms with Gasteiger partial charge in [-0.25, -0.2) is 4.79 Å². The van der Waals surface area contributed by atoms with Gasteiger partial charge in [0, 0.05) is 13.1 Å². The number of carboxylic acids is 1. The van der Waals surface area contributed by atoms with Crippen molar-refractivity contribution in [2.75, 3.05) is 19.6 Å². The highest BCUT2D eigenvalue weighted by molar-refractivity contribution is 5.83. The van der Waals surface area contributed by atoms with Crippen LogP contribution >= 0.6 is 0 Å². The molecule has 3 amide bonds. The number of urea groups is 1.